The average Bonchev–Trinajstić information content (AvgIpc) is 2.87. The van der Waals surface area contributed by atoms with Crippen molar-refractivity contribution < 1.29 is 14.3 Å². The molecule has 0 saturated carbocycles. The van der Waals surface area contributed by atoms with Crippen molar-refractivity contribution in [3.63, 3.8) is 0 Å². The molecule has 2 rings (SSSR count). The summed E-state index contributed by atoms with van der Waals surface area (Å²) >= 11 is 1.63. The van der Waals surface area contributed by atoms with E-state index < -0.39 is 6.09 Å². The third-order valence-corrected chi connectivity index (χ3v) is 5.85. The van der Waals surface area contributed by atoms with Crippen LogP contribution >= 0.6 is 11.3 Å². The molecule has 0 radical (unpaired) electrons. The number of rotatable bonds is 3. The molecule has 1 heterocycles. The molecular weight excluding hydrogens is 329 g/mol. The summed E-state index contributed by atoms with van der Waals surface area (Å²) in [5, 5.41) is 0. The van der Waals surface area contributed by atoms with E-state index in [0.717, 1.165) is 19.7 Å². The Bertz CT molecular complexity index is 615. The number of carbonyl (C=O) groups is 1. The Kier molecular flexibility index (Phi) is 4.96. The van der Waals surface area contributed by atoms with Crippen LogP contribution in [0.3, 0.4) is 0 Å². The van der Waals surface area contributed by atoms with Crippen LogP contribution in [0, 0.1) is 0 Å². The molecule has 0 aliphatic heterocycles. The molecule has 2 aromatic rings. The summed E-state index contributed by atoms with van der Waals surface area (Å²) in [4.78, 5) is 18.5. The first-order valence-electron chi connectivity index (χ1n) is 5.67. The van der Waals surface area contributed by atoms with Crippen LogP contribution in [0.1, 0.15) is 6.92 Å². The van der Waals surface area contributed by atoms with Crippen molar-refractivity contribution in [1.82, 2.24) is 0 Å². The number of amides is 1. The summed E-state index contributed by atoms with van der Waals surface area (Å²) in [6.45, 7) is 2.12. The van der Waals surface area contributed by atoms with Gasteiger partial charge in [-0.2, -0.15) is 0 Å². The molecule has 0 aliphatic rings. The predicted octanol–water partition coefficient (Wildman–Crippen LogP) is 2.54. The average molecular weight is 342 g/mol. The molecular formula is C13H13NO3SSe. The van der Waals surface area contributed by atoms with E-state index in [0.29, 0.717) is 6.61 Å². The Labute approximate surface area is 121 Å². The molecule has 0 saturated heterocycles. The first-order chi connectivity index (χ1) is 9.22. The van der Waals surface area contributed by atoms with Crippen molar-refractivity contribution >= 4 is 31.9 Å². The van der Waals surface area contributed by atoms with Crippen molar-refractivity contribution in [1.29, 1.82) is 0 Å². The SMILES string of the molecule is CCOC(=O)N=c1sc(-c2ccc(OC)cc2)c[se]1. The summed E-state index contributed by atoms with van der Waals surface area (Å²) in [6, 6.07) is 7.84. The minimum absolute atomic E-state index is 0.104. The molecule has 100 valence electrons. The molecule has 0 fully saturated rings. The number of benzene rings is 1. The molecule has 0 atom stereocenters. The number of ether oxygens (including phenoxy) is 2. The molecule has 0 bridgehead atoms. The van der Waals surface area contributed by atoms with Gasteiger partial charge in [-0.15, -0.1) is 0 Å². The Hall–Kier alpha value is -1.36. The van der Waals surface area contributed by atoms with Gasteiger partial charge in [-0.25, -0.2) is 0 Å². The second-order valence-corrected chi connectivity index (χ2v) is 6.92. The molecule has 0 unspecified atom stereocenters. The van der Waals surface area contributed by atoms with Crippen molar-refractivity contribution in [2.24, 2.45) is 4.99 Å². The first-order valence-corrected chi connectivity index (χ1v) is 8.33. The fourth-order valence-electron chi connectivity index (χ4n) is 1.41. The summed E-state index contributed by atoms with van der Waals surface area (Å²) in [6.07, 6.45) is -0.503. The standard InChI is InChI=1S/C13H13NO3SSe/c1-3-17-12(15)14-13-18-11(8-19-13)9-4-6-10(16-2)7-5-9/h4-8H,3H2,1-2H3. The molecule has 1 aromatic carbocycles. The molecule has 1 aromatic heterocycles. The Morgan fingerprint density at radius 1 is 1.37 bits per heavy atom. The van der Waals surface area contributed by atoms with Crippen LogP contribution in [-0.4, -0.2) is 34.3 Å². The van der Waals surface area contributed by atoms with Gasteiger partial charge < -0.3 is 0 Å². The van der Waals surface area contributed by atoms with Gasteiger partial charge in [-0.05, 0) is 0 Å². The zero-order chi connectivity index (χ0) is 13.7. The summed E-state index contributed by atoms with van der Waals surface area (Å²) in [5.41, 5.74) is 1.11. The quantitative estimate of drug-likeness (QED) is 0.806. The van der Waals surface area contributed by atoms with E-state index in [1.54, 1.807) is 14.0 Å². The van der Waals surface area contributed by atoms with Crippen LogP contribution in [-0.2, 0) is 4.74 Å². The Morgan fingerprint density at radius 2 is 2.11 bits per heavy atom. The van der Waals surface area contributed by atoms with Crippen molar-refractivity contribution in [2.75, 3.05) is 13.7 Å². The maximum absolute atomic E-state index is 11.3. The van der Waals surface area contributed by atoms with Crippen LogP contribution in [0.15, 0.2) is 34.2 Å². The predicted molar refractivity (Wildman–Crippen MR) is 75.8 cm³/mol. The van der Waals surface area contributed by atoms with Gasteiger partial charge >= 0.3 is 121 Å². The van der Waals surface area contributed by atoms with E-state index in [1.807, 2.05) is 24.3 Å². The molecule has 4 nitrogen and oxygen atoms in total. The second-order valence-electron chi connectivity index (χ2n) is 3.51. The number of nitrogens with zero attached hydrogens (tertiary/aromatic N) is 1. The monoisotopic (exact) mass is 343 g/mol. The third kappa shape index (κ3) is 3.80. The Balaban J connectivity index is 2.22. The zero-order valence-electron chi connectivity index (χ0n) is 10.6. The molecule has 0 N–H and O–H groups in total. The zero-order valence-corrected chi connectivity index (χ0v) is 13.1. The van der Waals surface area contributed by atoms with Gasteiger partial charge in [-0.1, -0.05) is 0 Å². The second kappa shape index (κ2) is 6.70. The van der Waals surface area contributed by atoms with Gasteiger partial charge in [0.2, 0.25) is 0 Å². The van der Waals surface area contributed by atoms with Gasteiger partial charge in [0.25, 0.3) is 0 Å². The summed E-state index contributed by atoms with van der Waals surface area (Å²) < 4.78 is 10.8. The van der Waals surface area contributed by atoms with Crippen molar-refractivity contribution in [3.05, 3.63) is 32.8 Å². The number of hydrogen-bond acceptors (Lipinski definition) is 4. The maximum atomic E-state index is 11.3. The van der Waals surface area contributed by atoms with Crippen molar-refractivity contribution in [3.8, 4) is 16.2 Å². The number of methoxy groups -OCH3 is 1. The van der Waals surface area contributed by atoms with Crippen molar-refractivity contribution in [2.45, 2.75) is 6.92 Å². The van der Waals surface area contributed by atoms with E-state index in [4.69, 9.17) is 9.47 Å². The van der Waals surface area contributed by atoms with Gasteiger partial charge in [0.05, 0.1) is 0 Å². The van der Waals surface area contributed by atoms with Crippen LogP contribution in [0.2, 0.25) is 0 Å². The third-order valence-electron chi connectivity index (χ3n) is 2.29. The molecule has 6 heteroatoms. The van der Waals surface area contributed by atoms with E-state index in [1.165, 1.54) is 11.3 Å². The number of hydrogen-bond donors (Lipinski definition) is 0. The van der Waals surface area contributed by atoms with E-state index in [-0.39, 0.29) is 14.5 Å². The van der Waals surface area contributed by atoms with E-state index in [9.17, 15) is 4.79 Å². The van der Waals surface area contributed by atoms with Gasteiger partial charge in [0.1, 0.15) is 0 Å². The van der Waals surface area contributed by atoms with Gasteiger partial charge in [0.15, 0.2) is 0 Å². The minimum atomic E-state index is -0.503. The molecule has 0 spiro atoms. The van der Waals surface area contributed by atoms with Gasteiger partial charge in [-0.3, -0.25) is 0 Å². The normalized spacial score (nSPS) is 11.4. The topological polar surface area (TPSA) is 47.9 Å². The van der Waals surface area contributed by atoms with Crippen LogP contribution < -0.4 is 8.28 Å². The summed E-state index contributed by atoms with van der Waals surface area (Å²) in [5.74, 6) is 0.832. The Morgan fingerprint density at radius 3 is 2.74 bits per heavy atom. The first kappa shape index (κ1) is 14.1. The molecule has 0 aliphatic carbocycles. The molecule has 1 amide bonds. The summed E-state index contributed by atoms with van der Waals surface area (Å²) in [7, 11) is 1.64. The van der Waals surface area contributed by atoms with Gasteiger partial charge in [0, 0.05) is 0 Å². The van der Waals surface area contributed by atoms with Crippen LogP contribution in [0.25, 0.3) is 10.4 Å². The van der Waals surface area contributed by atoms with Crippen LogP contribution in [0.5, 0.6) is 5.75 Å². The van der Waals surface area contributed by atoms with Crippen LogP contribution in [0.4, 0.5) is 4.79 Å². The van der Waals surface area contributed by atoms with E-state index in [2.05, 4.69) is 9.93 Å². The van der Waals surface area contributed by atoms with E-state index >= 15 is 0 Å². The molecule has 19 heavy (non-hydrogen) atoms. The fraction of sp³-hybridized carbons (Fsp3) is 0.231. The number of carbonyl (C=O) groups excluding carboxylic acids is 1. The fourth-order valence-corrected chi connectivity index (χ4v) is 4.73.